The topological polar surface area (TPSA) is 38.8 Å². The van der Waals surface area contributed by atoms with Gasteiger partial charge in [0.1, 0.15) is 11.6 Å². The molecule has 0 unspecified atom stereocenters. The molecular formula is C11H11ClFNO3. The number of halogens is 2. The maximum absolute atomic E-state index is 12.8. The summed E-state index contributed by atoms with van der Waals surface area (Å²) in [7, 11) is 0. The molecule has 0 spiro atoms. The van der Waals surface area contributed by atoms with Gasteiger partial charge in [0.15, 0.2) is 6.61 Å². The Morgan fingerprint density at radius 2 is 2.41 bits per heavy atom. The Labute approximate surface area is 103 Å². The summed E-state index contributed by atoms with van der Waals surface area (Å²) in [4.78, 5) is 16.6. The third-order valence-electron chi connectivity index (χ3n) is 2.28. The average molecular weight is 260 g/mol. The minimum atomic E-state index is -0.448. The summed E-state index contributed by atoms with van der Waals surface area (Å²) >= 11 is 5.75. The molecule has 0 N–H and O–H groups in total. The molecule has 6 heteroatoms. The number of hydrogen-bond acceptors (Lipinski definition) is 3. The van der Waals surface area contributed by atoms with Crippen molar-refractivity contribution in [2.45, 2.75) is 6.42 Å². The van der Waals surface area contributed by atoms with Gasteiger partial charge >= 0.3 is 0 Å². The van der Waals surface area contributed by atoms with Crippen molar-refractivity contribution in [1.29, 1.82) is 0 Å². The summed E-state index contributed by atoms with van der Waals surface area (Å²) in [5, 5.41) is 1.40. The lowest BCUT2D eigenvalue weighted by atomic mass is 10.3. The van der Waals surface area contributed by atoms with E-state index in [9.17, 15) is 9.18 Å². The van der Waals surface area contributed by atoms with E-state index < -0.39 is 5.82 Å². The van der Waals surface area contributed by atoms with Crippen LogP contribution in [0, 0.1) is 5.82 Å². The van der Waals surface area contributed by atoms with Crippen molar-refractivity contribution >= 4 is 17.5 Å². The number of rotatable bonds is 3. The van der Waals surface area contributed by atoms with Crippen molar-refractivity contribution in [3.05, 3.63) is 29.0 Å². The quantitative estimate of drug-likeness (QED) is 0.834. The smallest absolute Gasteiger partial charge is 0.283 e. The molecule has 0 atom stereocenters. The number of hydrogen-bond donors (Lipinski definition) is 0. The third-order valence-corrected chi connectivity index (χ3v) is 2.57. The summed E-state index contributed by atoms with van der Waals surface area (Å²) < 4.78 is 18.0. The number of ether oxygens (including phenoxy) is 1. The van der Waals surface area contributed by atoms with Gasteiger partial charge in [0, 0.05) is 0 Å². The lowest BCUT2D eigenvalue weighted by molar-refractivity contribution is -0.170. The number of benzene rings is 1. The van der Waals surface area contributed by atoms with E-state index in [-0.39, 0.29) is 23.3 Å². The molecule has 0 bridgehead atoms. The summed E-state index contributed by atoms with van der Waals surface area (Å²) in [6.07, 6.45) is 0.822. The SMILES string of the molecule is O=C(COc1ccc(F)cc1Cl)N1CCCO1. The molecule has 1 heterocycles. The van der Waals surface area contributed by atoms with Crippen LogP contribution in [0.25, 0.3) is 0 Å². The lowest BCUT2D eigenvalue weighted by Gasteiger charge is -2.14. The van der Waals surface area contributed by atoms with Crippen LogP contribution in [0.2, 0.25) is 5.02 Å². The number of carbonyl (C=O) groups is 1. The summed E-state index contributed by atoms with van der Waals surface area (Å²) in [6.45, 7) is 0.938. The first-order chi connectivity index (χ1) is 8.16. The molecule has 1 aliphatic heterocycles. The highest BCUT2D eigenvalue weighted by Crippen LogP contribution is 2.24. The van der Waals surface area contributed by atoms with Crippen LogP contribution in [0.15, 0.2) is 18.2 Å². The van der Waals surface area contributed by atoms with Crippen LogP contribution in [-0.4, -0.2) is 30.7 Å². The molecule has 1 aromatic carbocycles. The molecule has 92 valence electrons. The van der Waals surface area contributed by atoms with Gasteiger partial charge in [0.25, 0.3) is 5.91 Å². The average Bonchev–Trinajstić information content (AvgIpc) is 2.81. The fourth-order valence-electron chi connectivity index (χ4n) is 1.45. The van der Waals surface area contributed by atoms with Gasteiger partial charge in [-0.25, -0.2) is 9.45 Å². The molecule has 0 aromatic heterocycles. The van der Waals surface area contributed by atoms with Gasteiger partial charge in [0.05, 0.1) is 18.2 Å². The molecular weight excluding hydrogens is 249 g/mol. The minimum absolute atomic E-state index is 0.139. The Morgan fingerprint density at radius 1 is 1.59 bits per heavy atom. The van der Waals surface area contributed by atoms with E-state index in [1.807, 2.05) is 0 Å². The zero-order chi connectivity index (χ0) is 12.3. The first-order valence-electron chi connectivity index (χ1n) is 5.18. The minimum Gasteiger partial charge on any atom is -0.482 e. The van der Waals surface area contributed by atoms with E-state index in [0.717, 1.165) is 12.5 Å². The van der Waals surface area contributed by atoms with E-state index in [2.05, 4.69) is 0 Å². The zero-order valence-electron chi connectivity index (χ0n) is 8.99. The highest BCUT2D eigenvalue weighted by molar-refractivity contribution is 6.32. The van der Waals surface area contributed by atoms with Gasteiger partial charge in [0.2, 0.25) is 0 Å². The Morgan fingerprint density at radius 3 is 3.06 bits per heavy atom. The van der Waals surface area contributed by atoms with Crippen molar-refractivity contribution in [2.24, 2.45) is 0 Å². The van der Waals surface area contributed by atoms with Crippen molar-refractivity contribution in [1.82, 2.24) is 5.06 Å². The molecule has 0 saturated carbocycles. The molecule has 17 heavy (non-hydrogen) atoms. The van der Waals surface area contributed by atoms with Crippen molar-refractivity contribution in [3.8, 4) is 5.75 Å². The van der Waals surface area contributed by atoms with Gasteiger partial charge in [-0.2, -0.15) is 0 Å². The van der Waals surface area contributed by atoms with E-state index in [1.165, 1.54) is 17.2 Å². The second-order valence-corrected chi connectivity index (χ2v) is 3.95. The van der Waals surface area contributed by atoms with Crippen LogP contribution in [0.4, 0.5) is 4.39 Å². The third kappa shape index (κ3) is 3.08. The number of amides is 1. The van der Waals surface area contributed by atoms with Crippen molar-refractivity contribution in [3.63, 3.8) is 0 Å². The number of carbonyl (C=O) groups excluding carboxylic acids is 1. The largest absolute Gasteiger partial charge is 0.482 e. The Balaban J connectivity index is 1.90. The van der Waals surface area contributed by atoms with Crippen LogP contribution in [0.1, 0.15) is 6.42 Å². The van der Waals surface area contributed by atoms with Crippen molar-refractivity contribution < 1.29 is 18.8 Å². The standard InChI is InChI=1S/C11H11ClFNO3/c12-9-6-8(13)2-3-10(9)16-7-11(15)14-4-1-5-17-14/h2-3,6H,1,4-5,7H2. The molecule has 0 aliphatic carbocycles. The number of nitrogens with zero attached hydrogens (tertiary/aromatic N) is 1. The summed E-state index contributed by atoms with van der Waals surface area (Å²) in [5.41, 5.74) is 0. The second-order valence-electron chi connectivity index (χ2n) is 3.55. The summed E-state index contributed by atoms with van der Waals surface area (Å²) in [5.74, 6) is -0.444. The van der Waals surface area contributed by atoms with Gasteiger partial charge < -0.3 is 4.74 Å². The lowest BCUT2D eigenvalue weighted by Crippen LogP contribution is -2.31. The normalized spacial score (nSPS) is 15.1. The first kappa shape index (κ1) is 12.1. The molecule has 1 aromatic rings. The number of hydroxylamine groups is 2. The van der Waals surface area contributed by atoms with Crippen LogP contribution in [-0.2, 0) is 9.63 Å². The van der Waals surface area contributed by atoms with Gasteiger partial charge in [-0.3, -0.25) is 9.63 Å². The van der Waals surface area contributed by atoms with Crippen LogP contribution < -0.4 is 4.74 Å². The monoisotopic (exact) mass is 259 g/mol. The Kier molecular flexibility index (Phi) is 3.81. The van der Waals surface area contributed by atoms with E-state index in [0.29, 0.717) is 13.2 Å². The van der Waals surface area contributed by atoms with E-state index in [4.69, 9.17) is 21.2 Å². The first-order valence-corrected chi connectivity index (χ1v) is 5.56. The van der Waals surface area contributed by atoms with Crippen molar-refractivity contribution in [2.75, 3.05) is 19.8 Å². The van der Waals surface area contributed by atoms with Gasteiger partial charge in [-0.15, -0.1) is 0 Å². The highest BCUT2D eigenvalue weighted by atomic mass is 35.5. The fourth-order valence-corrected chi connectivity index (χ4v) is 1.67. The molecule has 1 saturated heterocycles. The van der Waals surface area contributed by atoms with Crippen LogP contribution in [0.5, 0.6) is 5.75 Å². The van der Waals surface area contributed by atoms with Crippen LogP contribution in [0.3, 0.4) is 0 Å². The molecule has 1 aliphatic rings. The molecule has 0 radical (unpaired) electrons. The molecule has 4 nitrogen and oxygen atoms in total. The molecule has 1 amide bonds. The second kappa shape index (κ2) is 5.33. The molecule has 1 fully saturated rings. The predicted octanol–water partition coefficient (Wildman–Crippen LogP) is 2.02. The van der Waals surface area contributed by atoms with Gasteiger partial charge in [-0.05, 0) is 24.6 Å². The Bertz CT molecular complexity index is 421. The zero-order valence-corrected chi connectivity index (χ0v) is 9.74. The van der Waals surface area contributed by atoms with Gasteiger partial charge in [-0.1, -0.05) is 11.6 Å². The highest BCUT2D eigenvalue weighted by Gasteiger charge is 2.19. The van der Waals surface area contributed by atoms with E-state index in [1.54, 1.807) is 0 Å². The maximum Gasteiger partial charge on any atom is 0.283 e. The van der Waals surface area contributed by atoms with Crippen LogP contribution >= 0.6 is 11.6 Å². The maximum atomic E-state index is 12.8. The predicted molar refractivity (Wildman–Crippen MR) is 59.2 cm³/mol. The fraction of sp³-hybridized carbons (Fsp3) is 0.364. The molecule has 2 rings (SSSR count). The summed E-state index contributed by atoms with van der Waals surface area (Å²) in [6, 6.07) is 3.74. The van der Waals surface area contributed by atoms with E-state index >= 15 is 0 Å². The Hall–Kier alpha value is -1.33.